The van der Waals surface area contributed by atoms with Gasteiger partial charge in [0.15, 0.2) is 0 Å². The maximum Gasteiger partial charge on any atom is 0.205 e. The highest BCUT2D eigenvalue weighted by Gasteiger charge is 2.37. The molecule has 1 aromatic carbocycles. The van der Waals surface area contributed by atoms with E-state index in [1.165, 1.54) is 0 Å². The van der Waals surface area contributed by atoms with Crippen LogP contribution in [0.4, 0.5) is 0 Å². The first-order valence-electron chi connectivity index (χ1n) is 5.24. The Hall–Kier alpha value is -0.900. The van der Waals surface area contributed by atoms with E-state index in [9.17, 15) is 5.11 Å². The van der Waals surface area contributed by atoms with Gasteiger partial charge in [0, 0.05) is 12.1 Å². The van der Waals surface area contributed by atoms with Gasteiger partial charge in [0.2, 0.25) is 5.79 Å². The number of rotatable bonds is 1. The highest BCUT2D eigenvalue weighted by molar-refractivity contribution is 5.21. The van der Waals surface area contributed by atoms with Crippen molar-refractivity contribution in [3.05, 3.63) is 35.9 Å². The molecule has 1 fully saturated rings. The van der Waals surface area contributed by atoms with Crippen molar-refractivity contribution in [2.45, 2.75) is 18.8 Å². The summed E-state index contributed by atoms with van der Waals surface area (Å²) in [5.41, 5.74) is 0.823. The van der Waals surface area contributed by atoms with Crippen molar-refractivity contribution >= 4 is 0 Å². The molecule has 0 aromatic heterocycles. The van der Waals surface area contributed by atoms with Gasteiger partial charge < -0.3 is 9.84 Å². The molecule has 82 valence electrons. The number of hydrogen-bond donors (Lipinski definition) is 1. The van der Waals surface area contributed by atoms with Gasteiger partial charge in [0.25, 0.3) is 0 Å². The van der Waals surface area contributed by atoms with Crippen LogP contribution < -0.4 is 0 Å². The molecule has 15 heavy (non-hydrogen) atoms. The summed E-state index contributed by atoms with van der Waals surface area (Å²) >= 11 is 0. The lowest BCUT2D eigenvalue weighted by molar-refractivity contribution is -0.270. The minimum absolute atomic E-state index is 0.0500. The lowest BCUT2D eigenvalue weighted by Gasteiger charge is -2.41. The molecule has 0 amide bonds. The molecule has 0 aliphatic carbocycles. The number of likely N-dealkylation sites (N-methyl/N-ethyl adjacent to an activating group) is 1. The maximum atomic E-state index is 10.4. The van der Waals surface area contributed by atoms with Crippen LogP contribution in [0.25, 0.3) is 0 Å². The van der Waals surface area contributed by atoms with Crippen LogP contribution in [0, 0.1) is 0 Å². The van der Waals surface area contributed by atoms with Crippen molar-refractivity contribution < 1.29 is 9.84 Å². The molecule has 1 aromatic rings. The molecule has 2 atom stereocenters. The van der Waals surface area contributed by atoms with Crippen molar-refractivity contribution in [3.63, 3.8) is 0 Å². The van der Waals surface area contributed by atoms with Gasteiger partial charge in [0.05, 0.1) is 12.6 Å². The van der Waals surface area contributed by atoms with E-state index in [0.29, 0.717) is 6.54 Å². The molecular weight excluding hydrogens is 190 g/mol. The number of hydrogen-bond acceptors (Lipinski definition) is 3. The number of morpholine rings is 1. The molecule has 2 rings (SSSR count). The largest absolute Gasteiger partial charge is 0.361 e. The third-order valence-electron chi connectivity index (χ3n) is 2.67. The monoisotopic (exact) mass is 207 g/mol. The number of aliphatic hydroxyl groups is 1. The Labute approximate surface area is 90.3 Å². The lowest BCUT2D eigenvalue weighted by atomic mass is 10.0. The number of nitrogens with zero attached hydrogens (tertiary/aromatic N) is 1. The Morgan fingerprint density at radius 1 is 1.40 bits per heavy atom. The van der Waals surface area contributed by atoms with Crippen molar-refractivity contribution in [2.75, 3.05) is 20.1 Å². The summed E-state index contributed by atoms with van der Waals surface area (Å²) in [4.78, 5) is 2.08. The molecule has 0 bridgehead atoms. The van der Waals surface area contributed by atoms with Gasteiger partial charge in [-0.3, -0.25) is 4.90 Å². The second kappa shape index (κ2) is 3.93. The summed E-state index contributed by atoms with van der Waals surface area (Å²) in [7, 11) is 1.99. The van der Waals surface area contributed by atoms with Gasteiger partial charge >= 0.3 is 0 Å². The number of β-amino-alcohol motifs (C(OH)–C–C–N with tert-alkyl or cyclic N) is 1. The van der Waals surface area contributed by atoms with Crippen LogP contribution in [0.5, 0.6) is 0 Å². The van der Waals surface area contributed by atoms with E-state index in [2.05, 4.69) is 4.90 Å². The van der Waals surface area contributed by atoms with Crippen molar-refractivity contribution in [1.82, 2.24) is 4.90 Å². The van der Waals surface area contributed by atoms with Crippen LogP contribution in [0.1, 0.15) is 12.5 Å². The fraction of sp³-hybridized carbons (Fsp3) is 0.500. The fourth-order valence-corrected chi connectivity index (χ4v) is 2.13. The van der Waals surface area contributed by atoms with Gasteiger partial charge in [-0.2, -0.15) is 0 Å². The van der Waals surface area contributed by atoms with E-state index in [1.807, 2.05) is 44.3 Å². The van der Waals surface area contributed by atoms with Gasteiger partial charge in [-0.1, -0.05) is 30.3 Å². The standard InChI is InChI=1S/C12H17NO2/c1-10-8-13(2)9-12(14,15-10)11-6-4-3-5-7-11/h3-7,10,14H,8-9H2,1-2H3. The zero-order valence-electron chi connectivity index (χ0n) is 9.18. The van der Waals surface area contributed by atoms with Crippen LogP contribution in [0.3, 0.4) is 0 Å². The third kappa shape index (κ3) is 2.20. The summed E-state index contributed by atoms with van der Waals surface area (Å²) in [6.07, 6.45) is 0.0500. The molecule has 0 saturated carbocycles. The van der Waals surface area contributed by atoms with Crippen molar-refractivity contribution in [1.29, 1.82) is 0 Å². The van der Waals surface area contributed by atoms with Crippen LogP contribution in [-0.2, 0) is 10.5 Å². The molecule has 3 nitrogen and oxygen atoms in total. The van der Waals surface area contributed by atoms with E-state index in [0.717, 1.165) is 12.1 Å². The fourth-order valence-electron chi connectivity index (χ4n) is 2.13. The van der Waals surface area contributed by atoms with E-state index in [-0.39, 0.29) is 6.10 Å². The molecule has 3 heteroatoms. The number of benzene rings is 1. The van der Waals surface area contributed by atoms with Crippen LogP contribution in [-0.4, -0.2) is 36.2 Å². The summed E-state index contributed by atoms with van der Waals surface area (Å²) in [6, 6.07) is 9.55. The lowest BCUT2D eigenvalue weighted by Crippen LogP contribution is -2.51. The minimum atomic E-state index is -1.16. The zero-order chi connectivity index (χ0) is 10.9. The van der Waals surface area contributed by atoms with Gasteiger partial charge in [-0.25, -0.2) is 0 Å². The number of ether oxygens (including phenoxy) is 1. The Balaban J connectivity index is 2.26. The van der Waals surface area contributed by atoms with Crippen LogP contribution >= 0.6 is 0 Å². The quantitative estimate of drug-likeness (QED) is 0.750. The molecule has 0 spiro atoms. The third-order valence-corrected chi connectivity index (χ3v) is 2.67. The topological polar surface area (TPSA) is 32.7 Å². The summed E-state index contributed by atoms with van der Waals surface area (Å²) in [5.74, 6) is -1.16. The average Bonchev–Trinajstić information content (AvgIpc) is 2.17. The predicted molar refractivity (Wildman–Crippen MR) is 58.4 cm³/mol. The molecule has 2 unspecified atom stereocenters. The summed E-state index contributed by atoms with van der Waals surface area (Å²) in [5, 5.41) is 10.4. The SMILES string of the molecule is CC1CN(C)CC(O)(c2ccccc2)O1. The molecule has 1 aliphatic rings. The first-order valence-corrected chi connectivity index (χ1v) is 5.24. The molecule has 1 aliphatic heterocycles. The second-order valence-corrected chi connectivity index (χ2v) is 4.28. The van der Waals surface area contributed by atoms with Crippen LogP contribution in [0.15, 0.2) is 30.3 Å². The first-order chi connectivity index (χ1) is 7.10. The Bertz CT molecular complexity index is 316. The molecule has 1 saturated heterocycles. The molecule has 0 radical (unpaired) electrons. The van der Waals surface area contributed by atoms with Crippen molar-refractivity contribution in [3.8, 4) is 0 Å². The van der Waals surface area contributed by atoms with Gasteiger partial charge in [-0.15, -0.1) is 0 Å². The van der Waals surface area contributed by atoms with E-state index < -0.39 is 5.79 Å². The molecule has 1 N–H and O–H groups in total. The summed E-state index contributed by atoms with van der Waals surface area (Å²) in [6.45, 7) is 3.35. The summed E-state index contributed by atoms with van der Waals surface area (Å²) < 4.78 is 5.64. The Morgan fingerprint density at radius 3 is 2.67 bits per heavy atom. The zero-order valence-corrected chi connectivity index (χ0v) is 9.18. The molecule has 1 heterocycles. The predicted octanol–water partition coefficient (Wildman–Crippen LogP) is 1.18. The van der Waals surface area contributed by atoms with Crippen molar-refractivity contribution in [2.24, 2.45) is 0 Å². The minimum Gasteiger partial charge on any atom is -0.361 e. The highest BCUT2D eigenvalue weighted by Crippen LogP contribution is 2.28. The average molecular weight is 207 g/mol. The van der Waals surface area contributed by atoms with Gasteiger partial charge in [-0.05, 0) is 14.0 Å². The van der Waals surface area contributed by atoms with Gasteiger partial charge in [0.1, 0.15) is 0 Å². The smallest absolute Gasteiger partial charge is 0.205 e. The molecular formula is C12H17NO2. The van der Waals surface area contributed by atoms with E-state index in [1.54, 1.807) is 0 Å². The maximum absolute atomic E-state index is 10.4. The Kier molecular flexibility index (Phi) is 2.78. The van der Waals surface area contributed by atoms with E-state index >= 15 is 0 Å². The second-order valence-electron chi connectivity index (χ2n) is 4.28. The van der Waals surface area contributed by atoms with Crippen LogP contribution in [0.2, 0.25) is 0 Å². The highest BCUT2D eigenvalue weighted by atomic mass is 16.6. The normalized spacial score (nSPS) is 32.9. The van der Waals surface area contributed by atoms with E-state index in [4.69, 9.17) is 4.74 Å². The first kappa shape index (κ1) is 10.6. The Morgan fingerprint density at radius 2 is 2.07 bits per heavy atom.